The number of urea groups is 1. The molecule has 0 radical (unpaired) electrons. The zero-order valence-corrected chi connectivity index (χ0v) is 15.5. The zero-order valence-electron chi connectivity index (χ0n) is 14.7. The van der Waals surface area contributed by atoms with E-state index in [2.05, 4.69) is 15.7 Å². The monoisotopic (exact) mass is 415 g/mol. The molecule has 0 bridgehead atoms. The third-order valence-electron chi connectivity index (χ3n) is 4.43. The summed E-state index contributed by atoms with van der Waals surface area (Å²) < 4.78 is 39.8. The smallest absolute Gasteiger partial charge is 0.333 e. The standard InChI is InChI=1S/C17H17ClF3N5O2/c1-9-15(27)22-5-7-25(9)17(28)23-14(10-2-3-12(19)11(18)8-10)13-4-6-26(24-13)16(20)21/h2-4,6,8-9,14,16H,5,7H2,1H3,(H,22,27)(H,23,28). The van der Waals surface area contributed by atoms with E-state index in [9.17, 15) is 22.8 Å². The van der Waals surface area contributed by atoms with Crippen LogP contribution in [0.4, 0.5) is 18.0 Å². The number of piperazine rings is 1. The van der Waals surface area contributed by atoms with Gasteiger partial charge in [-0.15, -0.1) is 0 Å². The zero-order chi connectivity index (χ0) is 20.4. The summed E-state index contributed by atoms with van der Waals surface area (Å²) in [6.45, 7) is -0.707. The Morgan fingerprint density at radius 1 is 1.39 bits per heavy atom. The Balaban J connectivity index is 1.92. The van der Waals surface area contributed by atoms with E-state index in [1.807, 2.05) is 0 Å². The van der Waals surface area contributed by atoms with Crippen LogP contribution < -0.4 is 10.6 Å². The van der Waals surface area contributed by atoms with Crippen molar-refractivity contribution >= 4 is 23.5 Å². The molecule has 3 rings (SSSR count). The normalized spacial score (nSPS) is 18.1. The van der Waals surface area contributed by atoms with Gasteiger partial charge in [-0.05, 0) is 30.7 Å². The topological polar surface area (TPSA) is 79.3 Å². The lowest BCUT2D eigenvalue weighted by atomic mass is 10.0. The van der Waals surface area contributed by atoms with Crippen LogP contribution in [0, 0.1) is 5.82 Å². The molecule has 2 unspecified atom stereocenters. The lowest BCUT2D eigenvalue weighted by Crippen LogP contribution is -2.58. The molecule has 28 heavy (non-hydrogen) atoms. The molecular formula is C17H17ClF3N5O2. The summed E-state index contributed by atoms with van der Waals surface area (Å²) in [5.41, 5.74) is 0.471. The van der Waals surface area contributed by atoms with Crippen molar-refractivity contribution in [2.45, 2.75) is 25.6 Å². The van der Waals surface area contributed by atoms with Gasteiger partial charge in [0.1, 0.15) is 17.9 Å². The fourth-order valence-electron chi connectivity index (χ4n) is 2.90. The first-order valence-corrected chi connectivity index (χ1v) is 8.78. The Kier molecular flexibility index (Phi) is 5.78. The van der Waals surface area contributed by atoms with E-state index in [-0.39, 0.29) is 23.2 Å². The van der Waals surface area contributed by atoms with Gasteiger partial charge in [0.05, 0.1) is 10.7 Å². The van der Waals surface area contributed by atoms with Gasteiger partial charge >= 0.3 is 12.6 Å². The van der Waals surface area contributed by atoms with Crippen molar-refractivity contribution in [3.05, 3.63) is 52.6 Å². The molecule has 11 heteroatoms. The van der Waals surface area contributed by atoms with E-state index in [0.717, 1.165) is 12.3 Å². The number of amides is 3. The first kappa shape index (κ1) is 20.0. The predicted octanol–water partition coefficient (Wildman–Crippen LogP) is 2.69. The van der Waals surface area contributed by atoms with Gasteiger partial charge in [0.15, 0.2) is 0 Å². The van der Waals surface area contributed by atoms with Gasteiger partial charge in [-0.2, -0.15) is 13.9 Å². The molecule has 2 N–H and O–H groups in total. The number of rotatable bonds is 4. The minimum Gasteiger partial charge on any atom is -0.353 e. The maximum Gasteiger partial charge on any atom is 0.333 e. The first-order valence-electron chi connectivity index (χ1n) is 8.41. The number of carbonyl (C=O) groups is 2. The molecule has 0 aliphatic carbocycles. The molecule has 1 aliphatic rings. The van der Waals surface area contributed by atoms with E-state index in [1.54, 1.807) is 6.92 Å². The van der Waals surface area contributed by atoms with Crippen molar-refractivity contribution < 1.29 is 22.8 Å². The van der Waals surface area contributed by atoms with Crippen LogP contribution in [0.3, 0.4) is 0 Å². The van der Waals surface area contributed by atoms with Crippen LogP contribution in [-0.4, -0.2) is 45.8 Å². The van der Waals surface area contributed by atoms with Gasteiger partial charge in [0, 0.05) is 19.3 Å². The summed E-state index contributed by atoms with van der Waals surface area (Å²) in [6.07, 6.45) is 1.07. The van der Waals surface area contributed by atoms with Crippen molar-refractivity contribution in [3.63, 3.8) is 0 Å². The number of halogens is 4. The number of hydrogen-bond acceptors (Lipinski definition) is 3. The Hall–Kier alpha value is -2.75. The van der Waals surface area contributed by atoms with E-state index >= 15 is 0 Å². The number of nitrogens with one attached hydrogen (secondary N) is 2. The molecule has 0 saturated carbocycles. The Bertz CT molecular complexity index is 891. The summed E-state index contributed by atoms with van der Waals surface area (Å²) >= 11 is 5.83. The van der Waals surface area contributed by atoms with Crippen molar-refractivity contribution in [2.24, 2.45) is 0 Å². The highest BCUT2D eigenvalue weighted by Crippen LogP contribution is 2.26. The molecule has 1 saturated heterocycles. The van der Waals surface area contributed by atoms with Crippen molar-refractivity contribution in [3.8, 4) is 0 Å². The van der Waals surface area contributed by atoms with Crippen molar-refractivity contribution in [1.82, 2.24) is 25.3 Å². The first-order chi connectivity index (χ1) is 13.3. The summed E-state index contributed by atoms with van der Waals surface area (Å²) in [6, 6.07) is 2.83. The molecular weight excluding hydrogens is 399 g/mol. The Labute approximate surface area is 163 Å². The number of aromatic nitrogens is 2. The minimum atomic E-state index is -2.85. The lowest BCUT2D eigenvalue weighted by Gasteiger charge is -2.34. The molecule has 1 aromatic carbocycles. The average Bonchev–Trinajstić information content (AvgIpc) is 3.14. The molecule has 3 amide bonds. The van der Waals surface area contributed by atoms with Gasteiger partial charge in [0.2, 0.25) is 5.91 Å². The number of nitrogens with zero attached hydrogens (tertiary/aromatic N) is 3. The number of hydrogen-bond donors (Lipinski definition) is 2. The van der Waals surface area contributed by atoms with Crippen LogP contribution in [0.15, 0.2) is 30.5 Å². The highest BCUT2D eigenvalue weighted by atomic mass is 35.5. The second-order valence-electron chi connectivity index (χ2n) is 6.21. The van der Waals surface area contributed by atoms with Crippen LogP contribution in [0.2, 0.25) is 5.02 Å². The molecule has 0 spiro atoms. The SMILES string of the molecule is CC1C(=O)NCCN1C(=O)NC(c1ccc(F)c(Cl)c1)c1ccn(C(F)F)n1. The van der Waals surface area contributed by atoms with Crippen LogP contribution in [-0.2, 0) is 4.79 Å². The van der Waals surface area contributed by atoms with Crippen LogP contribution >= 0.6 is 11.6 Å². The molecule has 150 valence electrons. The van der Waals surface area contributed by atoms with Gasteiger partial charge in [-0.3, -0.25) is 4.79 Å². The van der Waals surface area contributed by atoms with Gasteiger partial charge < -0.3 is 15.5 Å². The lowest BCUT2D eigenvalue weighted by molar-refractivity contribution is -0.126. The number of carbonyl (C=O) groups excluding carboxylic acids is 2. The molecule has 2 aromatic rings. The highest BCUT2D eigenvalue weighted by molar-refractivity contribution is 6.30. The highest BCUT2D eigenvalue weighted by Gasteiger charge is 2.31. The van der Waals surface area contributed by atoms with Gasteiger partial charge in [-0.25, -0.2) is 13.9 Å². The number of benzene rings is 1. The molecule has 2 atom stereocenters. The fourth-order valence-corrected chi connectivity index (χ4v) is 3.09. The second-order valence-corrected chi connectivity index (χ2v) is 6.62. The molecule has 2 heterocycles. The molecule has 1 aliphatic heterocycles. The maximum absolute atomic E-state index is 13.5. The summed E-state index contributed by atoms with van der Waals surface area (Å²) in [5, 5.41) is 8.92. The summed E-state index contributed by atoms with van der Waals surface area (Å²) in [7, 11) is 0. The van der Waals surface area contributed by atoms with Gasteiger partial charge in [0.25, 0.3) is 0 Å². The van der Waals surface area contributed by atoms with Gasteiger partial charge in [-0.1, -0.05) is 17.7 Å². The quantitative estimate of drug-likeness (QED) is 0.805. The third kappa shape index (κ3) is 4.06. The Morgan fingerprint density at radius 2 is 2.14 bits per heavy atom. The number of alkyl halides is 2. The van der Waals surface area contributed by atoms with Crippen molar-refractivity contribution in [1.29, 1.82) is 0 Å². The van der Waals surface area contributed by atoms with E-state index in [1.165, 1.54) is 23.1 Å². The largest absolute Gasteiger partial charge is 0.353 e. The molecule has 1 fully saturated rings. The minimum absolute atomic E-state index is 0.116. The van der Waals surface area contributed by atoms with Crippen LogP contribution in [0.5, 0.6) is 0 Å². The second kappa shape index (κ2) is 8.09. The maximum atomic E-state index is 13.5. The van der Waals surface area contributed by atoms with E-state index in [0.29, 0.717) is 16.8 Å². The summed E-state index contributed by atoms with van der Waals surface area (Å²) in [4.78, 5) is 25.9. The fraction of sp³-hybridized carbons (Fsp3) is 0.353. The van der Waals surface area contributed by atoms with E-state index < -0.39 is 30.5 Å². The third-order valence-corrected chi connectivity index (χ3v) is 4.72. The Morgan fingerprint density at radius 3 is 2.79 bits per heavy atom. The molecule has 7 nitrogen and oxygen atoms in total. The van der Waals surface area contributed by atoms with Crippen LogP contribution in [0.25, 0.3) is 0 Å². The average molecular weight is 416 g/mol. The molecule has 1 aromatic heterocycles. The van der Waals surface area contributed by atoms with Crippen LogP contribution in [0.1, 0.15) is 30.8 Å². The summed E-state index contributed by atoms with van der Waals surface area (Å²) in [5.74, 6) is -0.959. The predicted molar refractivity (Wildman–Crippen MR) is 94.4 cm³/mol. The van der Waals surface area contributed by atoms with Crippen molar-refractivity contribution in [2.75, 3.05) is 13.1 Å². The van der Waals surface area contributed by atoms with E-state index in [4.69, 9.17) is 11.6 Å².